The minimum Gasteiger partial charge on any atom is -0.374 e. The van der Waals surface area contributed by atoms with Gasteiger partial charge in [0.25, 0.3) is 0 Å². The Morgan fingerprint density at radius 3 is 2.90 bits per heavy atom. The minimum absolute atomic E-state index is 0.0575. The van der Waals surface area contributed by atoms with Gasteiger partial charge < -0.3 is 15.0 Å². The molecule has 0 bridgehead atoms. The average Bonchev–Trinajstić information content (AvgIpc) is 3.27. The molecule has 1 N–H and O–H groups in total. The number of nitrogens with zero attached hydrogens (tertiary/aromatic N) is 2. The van der Waals surface area contributed by atoms with Crippen molar-refractivity contribution in [3.63, 3.8) is 0 Å². The highest BCUT2D eigenvalue weighted by molar-refractivity contribution is 5.82. The second kappa shape index (κ2) is 6.41. The Morgan fingerprint density at radius 2 is 2.15 bits per heavy atom. The molecule has 0 aromatic rings. The van der Waals surface area contributed by atoms with Crippen molar-refractivity contribution in [1.29, 1.82) is 0 Å². The maximum absolute atomic E-state index is 12.5. The van der Waals surface area contributed by atoms with E-state index in [1.165, 1.54) is 12.8 Å². The first-order chi connectivity index (χ1) is 9.76. The molecule has 3 rings (SSSR count). The molecule has 3 fully saturated rings. The molecule has 0 spiro atoms. The van der Waals surface area contributed by atoms with Crippen LogP contribution in [0.15, 0.2) is 0 Å². The Hall–Kier alpha value is -0.650. The molecule has 0 aromatic carbocycles. The largest absolute Gasteiger partial charge is 0.374 e. The quantitative estimate of drug-likeness (QED) is 0.795. The maximum atomic E-state index is 12.5. The fourth-order valence-electron chi connectivity index (χ4n) is 3.23. The molecule has 1 aliphatic carbocycles. The molecule has 5 nitrogen and oxygen atoms in total. The van der Waals surface area contributed by atoms with E-state index in [1.54, 1.807) is 0 Å². The highest BCUT2D eigenvalue weighted by Crippen LogP contribution is 2.22. The zero-order valence-electron chi connectivity index (χ0n) is 12.5. The number of ether oxygens (including phenoxy) is 1. The lowest BCUT2D eigenvalue weighted by molar-refractivity contribution is -0.139. The van der Waals surface area contributed by atoms with Crippen LogP contribution < -0.4 is 5.32 Å². The molecule has 3 aliphatic rings. The van der Waals surface area contributed by atoms with Gasteiger partial charge in [-0.2, -0.15) is 0 Å². The lowest BCUT2D eigenvalue weighted by Crippen LogP contribution is -2.55. The number of rotatable bonds is 5. The van der Waals surface area contributed by atoms with Crippen molar-refractivity contribution in [2.24, 2.45) is 0 Å². The number of carbonyl (C=O) groups is 1. The average molecular weight is 281 g/mol. The van der Waals surface area contributed by atoms with Gasteiger partial charge in [-0.05, 0) is 32.2 Å². The van der Waals surface area contributed by atoms with Crippen molar-refractivity contribution < 1.29 is 9.53 Å². The van der Waals surface area contributed by atoms with Crippen LogP contribution in [0.2, 0.25) is 0 Å². The van der Waals surface area contributed by atoms with Crippen LogP contribution in [0, 0.1) is 0 Å². The Kier molecular flexibility index (Phi) is 4.58. The van der Waals surface area contributed by atoms with Crippen molar-refractivity contribution in [1.82, 2.24) is 15.1 Å². The first-order valence-corrected chi connectivity index (χ1v) is 8.15. The number of piperidine rings is 1. The van der Waals surface area contributed by atoms with Crippen LogP contribution >= 0.6 is 0 Å². The molecule has 1 amide bonds. The van der Waals surface area contributed by atoms with E-state index in [1.807, 2.05) is 4.90 Å². The summed E-state index contributed by atoms with van der Waals surface area (Å²) in [5.41, 5.74) is 0. The van der Waals surface area contributed by atoms with E-state index in [4.69, 9.17) is 4.74 Å². The monoisotopic (exact) mass is 281 g/mol. The summed E-state index contributed by atoms with van der Waals surface area (Å²) >= 11 is 0. The van der Waals surface area contributed by atoms with Gasteiger partial charge in [-0.3, -0.25) is 9.69 Å². The molecule has 5 heteroatoms. The van der Waals surface area contributed by atoms with Gasteiger partial charge in [0.1, 0.15) is 0 Å². The van der Waals surface area contributed by atoms with Crippen LogP contribution in [0.5, 0.6) is 0 Å². The number of morpholine rings is 1. The molecule has 2 heterocycles. The predicted octanol–water partition coefficient (Wildman–Crippen LogP) is 0.450. The zero-order valence-corrected chi connectivity index (χ0v) is 12.5. The van der Waals surface area contributed by atoms with Gasteiger partial charge in [0.2, 0.25) is 5.91 Å². The summed E-state index contributed by atoms with van der Waals surface area (Å²) < 4.78 is 5.83. The first-order valence-electron chi connectivity index (χ1n) is 8.15. The van der Waals surface area contributed by atoms with Crippen molar-refractivity contribution in [2.45, 2.75) is 50.8 Å². The van der Waals surface area contributed by atoms with E-state index in [9.17, 15) is 4.79 Å². The third kappa shape index (κ3) is 3.51. The summed E-state index contributed by atoms with van der Waals surface area (Å²) in [6.45, 7) is 7.69. The molecule has 1 saturated carbocycles. The smallest absolute Gasteiger partial charge is 0.239 e. The van der Waals surface area contributed by atoms with Crippen LogP contribution in [0.1, 0.15) is 32.6 Å². The lowest BCUT2D eigenvalue weighted by Gasteiger charge is -2.38. The maximum Gasteiger partial charge on any atom is 0.239 e. The zero-order chi connectivity index (χ0) is 13.9. The molecular formula is C15H27N3O2. The second-order valence-corrected chi connectivity index (χ2v) is 6.31. The van der Waals surface area contributed by atoms with Crippen molar-refractivity contribution >= 4 is 5.91 Å². The van der Waals surface area contributed by atoms with Crippen LogP contribution in [0.3, 0.4) is 0 Å². The summed E-state index contributed by atoms with van der Waals surface area (Å²) in [6.07, 6.45) is 4.77. The fourth-order valence-corrected chi connectivity index (χ4v) is 3.23. The molecular weight excluding hydrogens is 254 g/mol. The van der Waals surface area contributed by atoms with E-state index in [0.29, 0.717) is 11.9 Å². The Morgan fingerprint density at radius 1 is 1.30 bits per heavy atom. The Labute approximate surface area is 121 Å². The summed E-state index contributed by atoms with van der Waals surface area (Å²) in [7, 11) is 0. The van der Waals surface area contributed by atoms with Crippen LogP contribution in [0.25, 0.3) is 0 Å². The predicted molar refractivity (Wildman–Crippen MR) is 77.6 cm³/mol. The van der Waals surface area contributed by atoms with E-state index in [-0.39, 0.29) is 12.1 Å². The topological polar surface area (TPSA) is 44.8 Å². The van der Waals surface area contributed by atoms with Crippen molar-refractivity contribution in [3.05, 3.63) is 0 Å². The van der Waals surface area contributed by atoms with Crippen LogP contribution in [0.4, 0.5) is 0 Å². The molecule has 2 aliphatic heterocycles. The van der Waals surface area contributed by atoms with Crippen LogP contribution in [-0.2, 0) is 9.53 Å². The molecule has 0 radical (unpaired) electrons. The highest BCUT2D eigenvalue weighted by Gasteiger charge is 2.34. The fraction of sp³-hybridized carbons (Fsp3) is 0.933. The van der Waals surface area contributed by atoms with E-state index < -0.39 is 0 Å². The number of carbonyl (C=O) groups excluding carboxylic acids is 1. The standard InChI is InChI=1S/C15H27N3O2/c1-2-17-8-9-20-13(10-17)11-18-7-3-4-14(15(18)19)16-12-5-6-12/h12-14,16H,2-11H2,1H3. The Bertz CT molecular complexity index is 346. The molecule has 20 heavy (non-hydrogen) atoms. The number of nitrogens with one attached hydrogen (secondary N) is 1. The second-order valence-electron chi connectivity index (χ2n) is 6.31. The molecule has 2 saturated heterocycles. The molecule has 2 unspecified atom stereocenters. The summed E-state index contributed by atoms with van der Waals surface area (Å²) in [5, 5.41) is 3.49. The van der Waals surface area contributed by atoms with Gasteiger partial charge in [0.15, 0.2) is 0 Å². The summed E-state index contributed by atoms with van der Waals surface area (Å²) in [6, 6.07) is 0.660. The highest BCUT2D eigenvalue weighted by atomic mass is 16.5. The molecule has 2 atom stereocenters. The summed E-state index contributed by atoms with van der Waals surface area (Å²) in [5.74, 6) is 0.292. The van der Waals surface area contributed by atoms with Gasteiger partial charge in [0, 0.05) is 32.2 Å². The number of hydrogen-bond donors (Lipinski definition) is 1. The number of hydrogen-bond acceptors (Lipinski definition) is 4. The normalized spacial score (nSPS) is 32.6. The van der Waals surface area contributed by atoms with E-state index in [0.717, 1.165) is 52.2 Å². The minimum atomic E-state index is 0.0575. The lowest BCUT2D eigenvalue weighted by atomic mass is 10.0. The SMILES string of the molecule is CCN1CCOC(CN2CCCC(NC3CC3)C2=O)C1. The molecule has 114 valence electrons. The Balaban J connectivity index is 1.51. The first kappa shape index (κ1) is 14.3. The summed E-state index contributed by atoms with van der Waals surface area (Å²) in [4.78, 5) is 16.9. The molecule has 0 aromatic heterocycles. The van der Waals surface area contributed by atoms with Crippen LogP contribution in [-0.4, -0.2) is 73.2 Å². The number of likely N-dealkylation sites (N-methyl/N-ethyl adjacent to an activating group) is 1. The van der Waals surface area contributed by atoms with Gasteiger partial charge in [-0.25, -0.2) is 0 Å². The van der Waals surface area contributed by atoms with Crippen molar-refractivity contribution in [2.75, 3.05) is 39.3 Å². The van der Waals surface area contributed by atoms with Gasteiger partial charge in [0.05, 0.1) is 18.8 Å². The number of likely N-dealkylation sites (tertiary alicyclic amines) is 1. The number of amides is 1. The third-order valence-corrected chi connectivity index (χ3v) is 4.64. The van der Waals surface area contributed by atoms with Gasteiger partial charge in [-0.1, -0.05) is 6.92 Å². The van der Waals surface area contributed by atoms with E-state index in [2.05, 4.69) is 17.1 Å². The third-order valence-electron chi connectivity index (χ3n) is 4.64. The van der Waals surface area contributed by atoms with E-state index >= 15 is 0 Å². The van der Waals surface area contributed by atoms with Gasteiger partial charge in [-0.15, -0.1) is 0 Å². The van der Waals surface area contributed by atoms with Crippen molar-refractivity contribution in [3.8, 4) is 0 Å². The van der Waals surface area contributed by atoms with Gasteiger partial charge >= 0.3 is 0 Å².